The average molecular weight is 294 g/mol. The summed E-state index contributed by atoms with van der Waals surface area (Å²) in [5.41, 5.74) is 2.16. The van der Waals surface area contributed by atoms with E-state index in [2.05, 4.69) is 5.32 Å². The monoisotopic (exact) mass is 293 g/mol. The molecule has 0 radical (unpaired) electrons. The van der Waals surface area contributed by atoms with Gasteiger partial charge in [0.1, 0.15) is 0 Å². The number of hydrogen-bond acceptors (Lipinski definition) is 2. The lowest BCUT2D eigenvalue weighted by atomic mass is 9.93. The Morgan fingerprint density at radius 3 is 2.53 bits per heavy atom. The standard InChI is InChI=1S/C15H16ClNOS/c1-11-8-19-9-13(11)14(18)17-15(2,10-16)12-6-4-3-5-7-12/h3-9H,10H2,1-2H3,(H,17,18). The summed E-state index contributed by atoms with van der Waals surface area (Å²) < 4.78 is 0. The molecule has 1 N–H and O–H groups in total. The second-order valence-electron chi connectivity index (χ2n) is 4.75. The molecule has 1 aromatic heterocycles. The van der Waals surface area contributed by atoms with E-state index >= 15 is 0 Å². The molecule has 0 saturated heterocycles. The fourth-order valence-electron chi connectivity index (χ4n) is 1.90. The van der Waals surface area contributed by atoms with Crippen LogP contribution in [0.3, 0.4) is 0 Å². The second kappa shape index (κ2) is 5.76. The number of carbonyl (C=O) groups excluding carboxylic acids is 1. The van der Waals surface area contributed by atoms with Crippen molar-refractivity contribution in [1.29, 1.82) is 0 Å². The average Bonchev–Trinajstić information content (AvgIpc) is 2.86. The van der Waals surface area contributed by atoms with Gasteiger partial charge in [-0.2, -0.15) is 11.3 Å². The molecule has 0 spiro atoms. The number of thiophene rings is 1. The third kappa shape index (κ3) is 2.99. The summed E-state index contributed by atoms with van der Waals surface area (Å²) in [5.74, 6) is 0.247. The van der Waals surface area contributed by atoms with E-state index < -0.39 is 5.54 Å². The summed E-state index contributed by atoms with van der Waals surface area (Å²) >= 11 is 7.61. The molecule has 100 valence electrons. The second-order valence-corrected chi connectivity index (χ2v) is 5.77. The van der Waals surface area contributed by atoms with Crippen molar-refractivity contribution in [3.05, 3.63) is 57.8 Å². The highest BCUT2D eigenvalue weighted by Crippen LogP contribution is 2.23. The zero-order valence-electron chi connectivity index (χ0n) is 10.9. The molecule has 1 heterocycles. The summed E-state index contributed by atoms with van der Waals surface area (Å²) in [6.45, 7) is 3.88. The van der Waals surface area contributed by atoms with Gasteiger partial charge in [-0.3, -0.25) is 4.79 Å². The van der Waals surface area contributed by atoms with Gasteiger partial charge in [0.2, 0.25) is 0 Å². The molecular weight excluding hydrogens is 278 g/mol. The van der Waals surface area contributed by atoms with Crippen molar-refractivity contribution in [1.82, 2.24) is 5.32 Å². The number of aryl methyl sites for hydroxylation is 1. The van der Waals surface area contributed by atoms with Crippen molar-refractivity contribution in [2.45, 2.75) is 19.4 Å². The zero-order valence-corrected chi connectivity index (χ0v) is 12.5. The molecule has 0 aliphatic carbocycles. The predicted octanol–water partition coefficient (Wildman–Crippen LogP) is 3.94. The zero-order chi connectivity index (χ0) is 13.9. The number of halogens is 1. The molecule has 1 unspecified atom stereocenters. The largest absolute Gasteiger partial charge is 0.342 e. The number of nitrogens with one attached hydrogen (secondary N) is 1. The normalized spacial score (nSPS) is 13.8. The van der Waals surface area contributed by atoms with Crippen LogP contribution in [0.2, 0.25) is 0 Å². The fraction of sp³-hybridized carbons (Fsp3) is 0.267. The minimum Gasteiger partial charge on any atom is -0.342 e. The van der Waals surface area contributed by atoms with E-state index in [4.69, 9.17) is 11.6 Å². The van der Waals surface area contributed by atoms with Gasteiger partial charge in [0, 0.05) is 11.3 Å². The van der Waals surface area contributed by atoms with Crippen molar-refractivity contribution in [3.8, 4) is 0 Å². The van der Waals surface area contributed by atoms with Crippen LogP contribution in [0.1, 0.15) is 28.4 Å². The summed E-state index contributed by atoms with van der Waals surface area (Å²) in [5, 5.41) is 6.87. The van der Waals surface area contributed by atoms with E-state index in [0.29, 0.717) is 5.88 Å². The number of benzene rings is 1. The molecule has 1 amide bonds. The molecule has 2 aromatic rings. The third-order valence-corrected chi connectivity index (χ3v) is 4.56. The van der Waals surface area contributed by atoms with Crippen LogP contribution in [0.5, 0.6) is 0 Å². The minimum absolute atomic E-state index is 0.0780. The predicted molar refractivity (Wildman–Crippen MR) is 81.0 cm³/mol. The summed E-state index contributed by atoms with van der Waals surface area (Å²) in [7, 11) is 0. The maximum atomic E-state index is 12.3. The summed E-state index contributed by atoms with van der Waals surface area (Å²) in [4.78, 5) is 12.3. The molecule has 2 nitrogen and oxygen atoms in total. The Balaban J connectivity index is 2.25. The van der Waals surface area contributed by atoms with Gasteiger partial charge < -0.3 is 5.32 Å². The van der Waals surface area contributed by atoms with Gasteiger partial charge in [-0.05, 0) is 30.4 Å². The van der Waals surface area contributed by atoms with Gasteiger partial charge in [-0.1, -0.05) is 30.3 Å². The maximum Gasteiger partial charge on any atom is 0.253 e. The molecule has 2 rings (SSSR count). The smallest absolute Gasteiger partial charge is 0.253 e. The SMILES string of the molecule is Cc1cscc1C(=O)NC(C)(CCl)c1ccccc1. The Morgan fingerprint density at radius 1 is 1.32 bits per heavy atom. The quantitative estimate of drug-likeness (QED) is 0.850. The number of alkyl halides is 1. The molecule has 19 heavy (non-hydrogen) atoms. The molecule has 1 atom stereocenters. The highest BCUT2D eigenvalue weighted by Gasteiger charge is 2.28. The van der Waals surface area contributed by atoms with E-state index in [9.17, 15) is 4.79 Å². The Kier molecular flexibility index (Phi) is 4.27. The lowest BCUT2D eigenvalue weighted by molar-refractivity contribution is 0.0913. The van der Waals surface area contributed by atoms with Crippen molar-refractivity contribution < 1.29 is 4.79 Å². The van der Waals surface area contributed by atoms with Gasteiger partial charge in [-0.15, -0.1) is 11.6 Å². The van der Waals surface area contributed by atoms with Crippen molar-refractivity contribution in [2.24, 2.45) is 0 Å². The van der Waals surface area contributed by atoms with Crippen molar-refractivity contribution in [2.75, 3.05) is 5.88 Å². The molecular formula is C15H16ClNOS. The lowest BCUT2D eigenvalue weighted by Gasteiger charge is -2.29. The topological polar surface area (TPSA) is 29.1 Å². The molecule has 1 aromatic carbocycles. The van der Waals surface area contributed by atoms with Crippen LogP contribution in [-0.2, 0) is 5.54 Å². The van der Waals surface area contributed by atoms with Gasteiger partial charge >= 0.3 is 0 Å². The minimum atomic E-state index is -0.561. The van der Waals surface area contributed by atoms with E-state index in [1.54, 1.807) is 0 Å². The third-order valence-electron chi connectivity index (χ3n) is 3.17. The van der Waals surface area contributed by atoms with Gasteiger partial charge in [-0.25, -0.2) is 0 Å². The molecule has 4 heteroatoms. The van der Waals surface area contributed by atoms with Crippen LogP contribution in [0, 0.1) is 6.92 Å². The highest BCUT2D eigenvalue weighted by atomic mass is 35.5. The van der Waals surface area contributed by atoms with Crippen LogP contribution < -0.4 is 5.32 Å². The summed E-state index contributed by atoms with van der Waals surface area (Å²) in [6.07, 6.45) is 0. The van der Waals surface area contributed by atoms with E-state index in [-0.39, 0.29) is 5.91 Å². The Labute approximate surface area is 122 Å². The first kappa shape index (κ1) is 14.1. The van der Waals surface area contributed by atoms with Crippen LogP contribution in [0.4, 0.5) is 0 Å². The molecule has 0 fully saturated rings. The number of hydrogen-bond donors (Lipinski definition) is 1. The molecule has 0 aliphatic heterocycles. The van der Waals surface area contributed by atoms with Crippen LogP contribution in [-0.4, -0.2) is 11.8 Å². The summed E-state index contributed by atoms with van der Waals surface area (Å²) in [6, 6.07) is 9.79. The Morgan fingerprint density at radius 2 is 2.00 bits per heavy atom. The van der Waals surface area contributed by atoms with Gasteiger partial charge in [0.15, 0.2) is 0 Å². The van der Waals surface area contributed by atoms with Crippen molar-refractivity contribution in [3.63, 3.8) is 0 Å². The van der Waals surface area contributed by atoms with E-state index in [1.807, 2.05) is 54.9 Å². The van der Waals surface area contributed by atoms with Crippen molar-refractivity contribution >= 4 is 28.8 Å². The van der Waals surface area contributed by atoms with Crippen LogP contribution >= 0.6 is 22.9 Å². The van der Waals surface area contributed by atoms with E-state index in [1.165, 1.54) is 11.3 Å². The van der Waals surface area contributed by atoms with Gasteiger partial charge in [0.05, 0.1) is 11.1 Å². The van der Waals surface area contributed by atoms with Crippen LogP contribution in [0.25, 0.3) is 0 Å². The number of rotatable bonds is 4. The van der Waals surface area contributed by atoms with Gasteiger partial charge in [0.25, 0.3) is 5.91 Å². The maximum absolute atomic E-state index is 12.3. The number of carbonyl (C=O) groups is 1. The first-order valence-electron chi connectivity index (χ1n) is 6.03. The first-order valence-corrected chi connectivity index (χ1v) is 7.51. The number of amides is 1. The van der Waals surface area contributed by atoms with E-state index in [0.717, 1.165) is 16.7 Å². The molecule has 0 aliphatic rings. The van der Waals surface area contributed by atoms with Crippen LogP contribution in [0.15, 0.2) is 41.1 Å². The Hall–Kier alpha value is -1.32. The Bertz CT molecular complexity index is 567. The lowest BCUT2D eigenvalue weighted by Crippen LogP contribution is -2.45. The first-order chi connectivity index (χ1) is 9.07. The highest BCUT2D eigenvalue weighted by molar-refractivity contribution is 7.08. The fourth-order valence-corrected chi connectivity index (χ4v) is 2.95. The molecule has 0 saturated carbocycles. The molecule has 0 bridgehead atoms.